The van der Waals surface area contributed by atoms with Crippen LogP contribution in [0.5, 0.6) is 0 Å². The molecule has 21 heavy (non-hydrogen) atoms. The molecule has 0 spiro atoms. The number of hydrogen-bond acceptors (Lipinski definition) is 3. The quantitative estimate of drug-likeness (QED) is 0.878. The largest absolute Gasteiger partial charge is 0.481 e. The highest BCUT2D eigenvalue weighted by molar-refractivity contribution is 7.90. The maximum atomic E-state index is 13.5. The van der Waals surface area contributed by atoms with Gasteiger partial charge in [0.2, 0.25) is 0 Å². The van der Waals surface area contributed by atoms with E-state index < -0.39 is 39.4 Å². The van der Waals surface area contributed by atoms with Crippen molar-refractivity contribution >= 4 is 21.9 Å². The maximum absolute atomic E-state index is 13.5. The van der Waals surface area contributed by atoms with Crippen molar-refractivity contribution in [2.45, 2.75) is 12.8 Å². The van der Waals surface area contributed by atoms with E-state index in [9.17, 15) is 22.0 Å². The van der Waals surface area contributed by atoms with Crippen molar-refractivity contribution in [1.29, 1.82) is 0 Å². The molecule has 6 nitrogen and oxygen atoms in total. The van der Waals surface area contributed by atoms with E-state index in [0.29, 0.717) is 0 Å². The van der Waals surface area contributed by atoms with Crippen LogP contribution in [0.4, 0.5) is 14.5 Å². The molecule has 0 bridgehead atoms. The molecule has 1 aliphatic heterocycles. The Hall–Kier alpha value is -1.74. The Morgan fingerprint density at radius 3 is 2.24 bits per heavy atom. The van der Waals surface area contributed by atoms with Crippen molar-refractivity contribution in [1.82, 2.24) is 4.31 Å². The molecular formula is C12H14F2N2O4S. The molecule has 1 saturated heterocycles. The second-order valence-corrected chi connectivity index (χ2v) is 6.39. The van der Waals surface area contributed by atoms with Crippen molar-refractivity contribution < 1.29 is 27.1 Å². The lowest BCUT2D eigenvalue weighted by Gasteiger charge is -2.29. The lowest BCUT2D eigenvalue weighted by molar-refractivity contribution is -0.142. The molecule has 2 N–H and O–H groups in total. The van der Waals surface area contributed by atoms with Crippen molar-refractivity contribution in [3.63, 3.8) is 0 Å². The Kier molecular flexibility index (Phi) is 4.43. The normalized spacial score (nSPS) is 17.6. The summed E-state index contributed by atoms with van der Waals surface area (Å²) in [7, 11) is -4.12. The zero-order valence-corrected chi connectivity index (χ0v) is 11.7. The lowest BCUT2D eigenvalue weighted by Crippen LogP contribution is -2.43. The molecule has 0 saturated carbocycles. The monoisotopic (exact) mass is 320 g/mol. The number of nitrogens with one attached hydrogen (secondary N) is 1. The van der Waals surface area contributed by atoms with Gasteiger partial charge >= 0.3 is 16.2 Å². The summed E-state index contributed by atoms with van der Waals surface area (Å²) >= 11 is 0. The number of aliphatic carboxylic acids is 1. The van der Waals surface area contributed by atoms with Crippen LogP contribution in [0.25, 0.3) is 0 Å². The molecule has 1 aromatic rings. The van der Waals surface area contributed by atoms with Gasteiger partial charge in [0.25, 0.3) is 0 Å². The Bertz CT molecular complexity index is 622. The Balaban J connectivity index is 2.11. The molecule has 0 amide bonds. The highest BCUT2D eigenvalue weighted by Gasteiger charge is 2.31. The fraction of sp³-hybridized carbons (Fsp3) is 0.417. The van der Waals surface area contributed by atoms with E-state index in [1.807, 2.05) is 4.72 Å². The number of rotatable bonds is 4. The first-order valence-electron chi connectivity index (χ1n) is 6.26. The van der Waals surface area contributed by atoms with Crippen LogP contribution in [0.2, 0.25) is 0 Å². The molecule has 2 rings (SSSR count). The third-order valence-electron chi connectivity index (χ3n) is 3.34. The summed E-state index contributed by atoms with van der Waals surface area (Å²) in [6.45, 7) is -0.0231. The third kappa shape index (κ3) is 3.48. The lowest BCUT2D eigenvalue weighted by atomic mass is 9.99. The minimum atomic E-state index is -4.12. The molecule has 0 radical (unpaired) electrons. The van der Waals surface area contributed by atoms with E-state index in [4.69, 9.17) is 5.11 Å². The van der Waals surface area contributed by atoms with Crippen LogP contribution in [-0.4, -0.2) is 36.9 Å². The molecule has 9 heteroatoms. The van der Waals surface area contributed by atoms with E-state index in [2.05, 4.69) is 0 Å². The van der Waals surface area contributed by atoms with Crippen LogP contribution in [0, 0.1) is 17.6 Å². The maximum Gasteiger partial charge on any atom is 0.306 e. The molecule has 0 aliphatic carbocycles. The third-order valence-corrected chi connectivity index (χ3v) is 4.84. The number of nitrogens with zero attached hydrogens (tertiary/aromatic N) is 1. The number of halogens is 2. The fourth-order valence-electron chi connectivity index (χ4n) is 2.13. The van der Waals surface area contributed by atoms with E-state index in [1.54, 1.807) is 0 Å². The van der Waals surface area contributed by atoms with Gasteiger partial charge in [-0.1, -0.05) is 6.07 Å². The number of carboxylic acids is 1. The summed E-state index contributed by atoms with van der Waals surface area (Å²) in [5, 5.41) is 8.85. The molecule has 1 fully saturated rings. The smallest absolute Gasteiger partial charge is 0.306 e. The van der Waals surface area contributed by atoms with Crippen LogP contribution >= 0.6 is 0 Å². The van der Waals surface area contributed by atoms with Gasteiger partial charge in [-0.25, -0.2) is 8.78 Å². The SMILES string of the molecule is O=C(O)C1CCN(S(=O)(=O)Nc2c(F)cccc2F)CC1. The van der Waals surface area contributed by atoms with Gasteiger partial charge in [0.1, 0.15) is 17.3 Å². The first-order chi connectivity index (χ1) is 9.81. The van der Waals surface area contributed by atoms with Crippen LogP contribution in [0.3, 0.4) is 0 Å². The van der Waals surface area contributed by atoms with Gasteiger partial charge in [-0.05, 0) is 25.0 Å². The van der Waals surface area contributed by atoms with Gasteiger partial charge in [-0.2, -0.15) is 12.7 Å². The Labute approximate surface area is 120 Å². The molecule has 116 valence electrons. The standard InChI is InChI=1S/C12H14F2N2O4S/c13-9-2-1-3-10(14)11(9)15-21(19,20)16-6-4-8(5-7-16)12(17)18/h1-3,8,15H,4-7H2,(H,17,18). The minimum absolute atomic E-state index is 0.0115. The number of carboxylic acid groups (broad SMARTS) is 1. The summed E-state index contributed by atoms with van der Waals surface area (Å²) in [5.41, 5.74) is -0.738. The van der Waals surface area contributed by atoms with Crippen molar-refractivity contribution in [3.05, 3.63) is 29.8 Å². The summed E-state index contributed by atoms with van der Waals surface area (Å²) in [6.07, 6.45) is 0.325. The Morgan fingerprint density at radius 2 is 1.76 bits per heavy atom. The number of piperidine rings is 1. The van der Waals surface area contributed by atoms with Gasteiger partial charge in [-0.15, -0.1) is 0 Å². The number of anilines is 1. The second kappa shape index (κ2) is 5.94. The van der Waals surface area contributed by atoms with Gasteiger partial charge in [0.15, 0.2) is 0 Å². The number of carbonyl (C=O) groups is 1. The van der Waals surface area contributed by atoms with Gasteiger partial charge in [0, 0.05) is 13.1 Å². The predicted molar refractivity (Wildman–Crippen MR) is 70.8 cm³/mol. The molecule has 1 heterocycles. The van der Waals surface area contributed by atoms with Crippen LogP contribution in [0.1, 0.15) is 12.8 Å². The van der Waals surface area contributed by atoms with E-state index in [1.165, 1.54) is 0 Å². The first-order valence-corrected chi connectivity index (χ1v) is 7.70. The molecular weight excluding hydrogens is 306 g/mol. The number of hydrogen-bond donors (Lipinski definition) is 2. The molecule has 1 aromatic carbocycles. The Morgan fingerprint density at radius 1 is 1.24 bits per heavy atom. The van der Waals surface area contributed by atoms with Crippen LogP contribution < -0.4 is 4.72 Å². The van der Waals surface area contributed by atoms with Crippen molar-refractivity contribution in [2.24, 2.45) is 5.92 Å². The highest BCUT2D eigenvalue weighted by Crippen LogP contribution is 2.24. The highest BCUT2D eigenvalue weighted by atomic mass is 32.2. The molecule has 0 aromatic heterocycles. The zero-order chi connectivity index (χ0) is 15.6. The molecule has 1 aliphatic rings. The summed E-state index contributed by atoms with van der Waals surface area (Å²) in [5.74, 6) is -3.60. The topological polar surface area (TPSA) is 86.7 Å². The minimum Gasteiger partial charge on any atom is -0.481 e. The van der Waals surface area contributed by atoms with Crippen molar-refractivity contribution in [2.75, 3.05) is 17.8 Å². The van der Waals surface area contributed by atoms with E-state index in [-0.39, 0.29) is 25.9 Å². The first kappa shape index (κ1) is 15.6. The predicted octanol–water partition coefficient (Wildman–Crippen LogP) is 1.42. The zero-order valence-electron chi connectivity index (χ0n) is 10.9. The average molecular weight is 320 g/mol. The van der Waals surface area contributed by atoms with Crippen LogP contribution in [0.15, 0.2) is 18.2 Å². The van der Waals surface area contributed by atoms with E-state index >= 15 is 0 Å². The second-order valence-electron chi connectivity index (χ2n) is 4.72. The van der Waals surface area contributed by atoms with Crippen molar-refractivity contribution in [3.8, 4) is 0 Å². The fourth-order valence-corrected chi connectivity index (χ4v) is 3.41. The molecule has 0 atom stereocenters. The van der Waals surface area contributed by atoms with E-state index in [0.717, 1.165) is 22.5 Å². The average Bonchev–Trinajstić information content (AvgIpc) is 2.43. The molecule has 0 unspecified atom stereocenters. The van der Waals surface area contributed by atoms with Crippen LogP contribution in [-0.2, 0) is 15.0 Å². The van der Waals surface area contributed by atoms with Gasteiger partial charge in [-0.3, -0.25) is 9.52 Å². The summed E-state index contributed by atoms with van der Waals surface area (Å²) in [4.78, 5) is 10.8. The number of benzene rings is 1. The number of para-hydroxylation sites is 1. The summed E-state index contributed by atoms with van der Waals surface area (Å²) < 4.78 is 53.9. The van der Waals surface area contributed by atoms with Gasteiger partial charge < -0.3 is 5.11 Å². The van der Waals surface area contributed by atoms with Gasteiger partial charge in [0.05, 0.1) is 5.92 Å². The summed E-state index contributed by atoms with van der Waals surface area (Å²) in [6, 6.07) is 3.01.